The molecule has 0 aliphatic carbocycles. The normalized spacial score (nSPS) is 14.8. The van der Waals surface area contributed by atoms with Crippen LogP contribution in [0.5, 0.6) is 0 Å². The number of rotatable bonds is 6. The molecule has 0 bridgehead atoms. The van der Waals surface area contributed by atoms with Gasteiger partial charge in [0.25, 0.3) is 0 Å². The summed E-state index contributed by atoms with van der Waals surface area (Å²) in [5.74, 6) is 0.666. The summed E-state index contributed by atoms with van der Waals surface area (Å²) in [4.78, 5) is 14.3. The highest BCUT2D eigenvalue weighted by Gasteiger charge is 2.18. The van der Waals surface area contributed by atoms with Crippen LogP contribution in [0.2, 0.25) is 0 Å². The van der Waals surface area contributed by atoms with Gasteiger partial charge in [-0.15, -0.1) is 0 Å². The topological polar surface area (TPSA) is 32.3 Å². The molecule has 0 unspecified atom stereocenters. The first-order valence-corrected chi connectivity index (χ1v) is 8.93. The molecule has 1 aliphatic rings. The number of hydrogen-bond donors (Lipinski definition) is 1. The Labute approximate surface area is 144 Å². The first-order valence-electron chi connectivity index (χ1n) is 8.93. The van der Waals surface area contributed by atoms with Crippen molar-refractivity contribution in [1.82, 2.24) is 10.2 Å². The van der Waals surface area contributed by atoms with Crippen molar-refractivity contribution in [3.05, 3.63) is 71.8 Å². The fourth-order valence-corrected chi connectivity index (χ4v) is 3.43. The lowest BCUT2D eigenvalue weighted by Crippen LogP contribution is -2.46. The van der Waals surface area contributed by atoms with Crippen LogP contribution in [0.15, 0.2) is 60.7 Å². The van der Waals surface area contributed by atoms with Crippen LogP contribution < -0.4 is 5.32 Å². The lowest BCUT2D eigenvalue weighted by Gasteiger charge is -2.27. The van der Waals surface area contributed by atoms with Crippen molar-refractivity contribution in [3.8, 4) is 0 Å². The Morgan fingerprint density at radius 3 is 2.00 bits per heavy atom. The molecule has 0 radical (unpaired) electrons. The van der Waals surface area contributed by atoms with Gasteiger partial charge in [-0.3, -0.25) is 4.79 Å². The number of carbonyl (C=O) groups excluding carboxylic acids is 1. The van der Waals surface area contributed by atoms with Gasteiger partial charge in [0.2, 0.25) is 5.91 Å². The van der Waals surface area contributed by atoms with Crippen molar-refractivity contribution in [2.45, 2.75) is 25.2 Å². The average Bonchev–Trinajstić information content (AvgIpc) is 2.67. The van der Waals surface area contributed by atoms with E-state index in [1.807, 2.05) is 4.90 Å². The van der Waals surface area contributed by atoms with E-state index in [9.17, 15) is 4.79 Å². The summed E-state index contributed by atoms with van der Waals surface area (Å²) in [5.41, 5.74) is 2.66. The largest absolute Gasteiger partial charge is 0.340 e. The molecule has 1 saturated heterocycles. The number of hydrogen-bond acceptors (Lipinski definition) is 2. The Hall–Kier alpha value is -2.13. The Kier molecular flexibility index (Phi) is 6.02. The SMILES string of the molecule is O=C(CCCC(c1ccccc1)c1ccccc1)N1CCNCC1. The van der Waals surface area contributed by atoms with Crippen molar-refractivity contribution in [2.24, 2.45) is 0 Å². The van der Waals surface area contributed by atoms with Crippen LogP contribution in [0.25, 0.3) is 0 Å². The van der Waals surface area contributed by atoms with Gasteiger partial charge in [-0.2, -0.15) is 0 Å². The van der Waals surface area contributed by atoms with Gasteiger partial charge < -0.3 is 10.2 Å². The van der Waals surface area contributed by atoms with Crippen LogP contribution in [0.1, 0.15) is 36.3 Å². The van der Waals surface area contributed by atoms with Gasteiger partial charge in [0.1, 0.15) is 0 Å². The first-order chi connectivity index (χ1) is 11.8. The van der Waals surface area contributed by atoms with Crippen LogP contribution in [-0.4, -0.2) is 37.0 Å². The molecule has 0 aromatic heterocycles. The van der Waals surface area contributed by atoms with Crippen molar-refractivity contribution < 1.29 is 4.79 Å². The molecule has 1 aliphatic heterocycles. The summed E-state index contributed by atoms with van der Waals surface area (Å²) >= 11 is 0. The summed E-state index contributed by atoms with van der Waals surface area (Å²) in [5, 5.41) is 3.29. The Morgan fingerprint density at radius 1 is 0.917 bits per heavy atom. The van der Waals surface area contributed by atoms with E-state index in [0.29, 0.717) is 18.2 Å². The van der Waals surface area contributed by atoms with Crippen molar-refractivity contribution >= 4 is 5.91 Å². The zero-order chi connectivity index (χ0) is 16.6. The average molecular weight is 322 g/mol. The Bertz CT molecular complexity index is 581. The van der Waals surface area contributed by atoms with E-state index in [1.165, 1.54) is 11.1 Å². The molecule has 24 heavy (non-hydrogen) atoms. The minimum atomic E-state index is 0.302. The zero-order valence-corrected chi connectivity index (χ0v) is 14.2. The van der Waals surface area contributed by atoms with Crippen molar-refractivity contribution in [1.29, 1.82) is 0 Å². The van der Waals surface area contributed by atoms with E-state index in [4.69, 9.17) is 0 Å². The van der Waals surface area contributed by atoms with Gasteiger partial charge in [-0.25, -0.2) is 0 Å². The van der Waals surface area contributed by atoms with Crippen LogP contribution in [-0.2, 0) is 4.79 Å². The Morgan fingerprint density at radius 2 is 1.46 bits per heavy atom. The number of nitrogens with one attached hydrogen (secondary N) is 1. The standard InChI is InChI=1S/C21H26N2O/c24-21(23-16-14-22-15-17-23)13-7-12-20(18-8-3-1-4-9-18)19-10-5-2-6-11-19/h1-6,8-11,20,22H,7,12-17H2. The molecule has 126 valence electrons. The quantitative estimate of drug-likeness (QED) is 0.884. The molecule has 3 rings (SSSR count). The van der Waals surface area contributed by atoms with Crippen LogP contribution >= 0.6 is 0 Å². The predicted molar refractivity (Wildman–Crippen MR) is 98.0 cm³/mol. The summed E-state index contributed by atoms with van der Waals surface area (Å²) in [6, 6.07) is 21.2. The van der Waals surface area contributed by atoms with E-state index < -0.39 is 0 Å². The molecule has 2 aromatic rings. The summed E-state index contributed by atoms with van der Waals surface area (Å²) in [6.45, 7) is 3.53. The minimum Gasteiger partial charge on any atom is -0.340 e. The minimum absolute atomic E-state index is 0.302. The van der Waals surface area contributed by atoms with E-state index in [-0.39, 0.29) is 0 Å². The van der Waals surface area contributed by atoms with Gasteiger partial charge in [-0.05, 0) is 24.0 Å². The molecule has 1 amide bonds. The molecule has 0 saturated carbocycles. The first kappa shape index (κ1) is 16.7. The van der Waals surface area contributed by atoms with Crippen molar-refractivity contribution in [2.75, 3.05) is 26.2 Å². The fraction of sp³-hybridized carbons (Fsp3) is 0.381. The summed E-state index contributed by atoms with van der Waals surface area (Å²) < 4.78 is 0. The number of piperazine rings is 1. The molecule has 2 aromatic carbocycles. The number of nitrogens with zero attached hydrogens (tertiary/aromatic N) is 1. The highest BCUT2D eigenvalue weighted by molar-refractivity contribution is 5.76. The number of carbonyl (C=O) groups is 1. The smallest absolute Gasteiger partial charge is 0.222 e. The third-order valence-corrected chi connectivity index (χ3v) is 4.76. The van der Waals surface area contributed by atoms with Gasteiger partial charge in [-0.1, -0.05) is 60.7 Å². The number of benzene rings is 2. The molecule has 3 nitrogen and oxygen atoms in total. The molecule has 1 fully saturated rings. The molecular weight excluding hydrogens is 296 g/mol. The second-order valence-corrected chi connectivity index (χ2v) is 6.40. The van der Waals surface area contributed by atoms with Gasteiger partial charge in [0, 0.05) is 38.5 Å². The second-order valence-electron chi connectivity index (χ2n) is 6.40. The third-order valence-electron chi connectivity index (χ3n) is 4.76. The molecule has 3 heteroatoms. The predicted octanol–water partition coefficient (Wildman–Crippen LogP) is 3.42. The Balaban J connectivity index is 1.61. The van der Waals surface area contributed by atoms with Crippen LogP contribution in [0.4, 0.5) is 0 Å². The maximum absolute atomic E-state index is 12.4. The van der Waals surface area contributed by atoms with E-state index in [0.717, 1.165) is 39.0 Å². The van der Waals surface area contributed by atoms with E-state index in [1.54, 1.807) is 0 Å². The monoisotopic (exact) mass is 322 g/mol. The molecule has 0 spiro atoms. The van der Waals surface area contributed by atoms with Crippen LogP contribution in [0, 0.1) is 0 Å². The summed E-state index contributed by atoms with van der Waals surface area (Å²) in [7, 11) is 0. The molecule has 1 N–H and O–H groups in total. The van der Waals surface area contributed by atoms with Gasteiger partial charge in [0.15, 0.2) is 0 Å². The van der Waals surface area contributed by atoms with E-state index >= 15 is 0 Å². The highest BCUT2D eigenvalue weighted by Crippen LogP contribution is 2.29. The second kappa shape index (κ2) is 8.65. The lowest BCUT2D eigenvalue weighted by atomic mass is 9.87. The molecular formula is C21H26N2O. The molecule has 0 atom stereocenters. The number of amides is 1. The van der Waals surface area contributed by atoms with Gasteiger partial charge in [0.05, 0.1) is 0 Å². The molecule has 1 heterocycles. The zero-order valence-electron chi connectivity index (χ0n) is 14.2. The highest BCUT2D eigenvalue weighted by atomic mass is 16.2. The third kappa shape index (κ3) is 4.45. The maximum Gasteiger partial charge on any atom is 0.222 e. The van der Waals surface area contributed by atoms with Gasteiger partial charge >= 0.3 is 0 Å². The van der Waals surface area contributed by atoms with Crippen molar-refractivity contribution in [3.63, 3.8) is 0 Å². The fourth-order valence-electron chi connectivity index (χ4n) is 3.43. The van der Waals surface area contributed by atoms with Crippen LogP contribution in [0.3, 0.4) is 0 Å². The maximum atomic E-state index is 12.4. The van der Waals surface area contributed by atoms with E-state index in [2.05, 4.69) is 66.0 Å². The summed E-state index contributed by atoms with van der Waals surface area (Å²) in [6.07, 6.45) is 2.58. The lowest BCUT2D eigenvalue weighted by molar-refractivity contribution is -0.131.